The van der Waals surface area contributed by atoms with Crippen LogP contribution in [0, 0.1) is 28.4 Å². The lowest BCUT2D eigenvalue weighted by Gasteiger charge is -2.16. The molecule has 1 atom stereocenters. The molecule has 11 heteroatoms. The van der Waals surface area contributed by atoms with Crippen molar-refractivity contribution in [3.05, 3.63) is 79.6 Å². The summed E-state index contributed by atoms with van der Waals surface area (Å²) in [7, 11) is 1.59. The number of halogens is 2. The molecule has 0 aliphatic heterocycles. The van der Waals surface area contributed by atoms with Crippen LogP contribution in [0.25, 0.3) is 0 Å². The van der Waals surface area contributed by atoms with Crippen molar-refractivity contribution in [2.75, 3.05) is 30.9 Å². The van der Waals surface area contributed by atoms with Gasteiger partial charge in [-0.15, -0.1) is 0 Å². The molecule has 0 aliphatic carbocycles. The lowest BCUT2D eigenvalue weighted by atomic mass is 9.91. The Hall–Kier alpha value is -3.45. The number of ether oxygens (including phenoxy) is 1. The number of benzene rings is 2. The maximum Gasteiger partial charge on any atom is 0.353 e. The molecule has 1 unspecified atom stereocenters. The number of anilines is 3. The highest BCUT2D eigenvalue weighted by Crippen LogP contribution is 2.37. The largest absolute Gasteiger partial charge is 0.385 e. The van der Waals surface area contributed by atoms with Crippen molar-refractivity contribution < 1.29 is 9.66 Å². The molecule has 0 fully saturated rings. The fraction of sp³-hybridized carbons (Fsp3) is 0.261. The highest BCUT2D eigenvalue weighted by Gasteiger charge is 2.24. The highest BCUT2D eigenvalue weighted by molar-refractivity contribution is 6.32. The molecule has 0 saturated carbocycles. The van der Waals surface area contributed by atoms with Crippen molar-refractivity contribution in [2.24, 2.45) is 0 Å². The Morgan fingerprint density at radius 3 is 2.56 bits per heavy atom. The number of nitriles is 1. The summed E-state index contributed by atoms with van der Waals surface area (Å²) >= 11 is 12.5. The Kier molecular flexibility index (Phi) is 8.60. The van der Waals surface area contributed by atoms with Crippen molar-refractivity contribution in [1.82, 2.24) is 9.97 Å². The molecule has 0 spiro atoms. The van der Waals surface area contributed by atoms with Crippen molar-refractivity contribution in [1.29, 1.82) is 5.26 Å². The van der Waals surface area contributed by atoms with Crippen LogP contribution in [-0.2, 0) is 4.74 Å². The van der Waals surface area contributed by atoms with E-state index in [1.165, 1.54) is 6.33 Å². The van der Waals surface area contributed by atoms with Crippen LogP contribution in [0.1, 0.15) is 29.0 Å². The average molecular weight is 501 g/mol. The lowest BCUT2D eigenvalue weighted by Crippen LogP contribution is -2.11. The van der Waals surface area contributed by atoms with E-state index in [2.05, 4.69) is 26.7 Å². The topological polar surface area (TPSA) is 126 Å². The van der Waals surface area contributed by atoms with E-state index in [9.17, 15) is 15.4 Å². The molecule has 2 aromatic carbocycles. The van der Waals surface area contributed by atoms with Crippen LogP contribution in [-0.4, -0.2) is 35.2 Å². The summed E-state index contributed by atoms with van der Waals surface area (Å²) in [6.07, 6.45) is 1.90. The van der Waals surface area contributed by atoms with Gasteiger partial charge in [0, 0.05) is 36.0 Å². The molecule has 0 radical (unpaired) electrons. The van der Waals surface area contributed by atoms with Crippen molar-refractivity contribution >= 4 is 46.2 Å². The molecular weight excluding hydrogens is 479 g/mol. The molecule has 34 heavy (non-hydrogen) atoms. The van der Waals surface area contributed by atoms with Crippen LogP contribution in [0.15, 0.2) is 42.7 Å². The van der Waals surface area contributed by atoms with Crippen molar-refractivity contribution in [2.45, 2.75) is 19.3 Å². The molecule has 1 heterocycles. The molecule has 0 aliphatic rings. The van der Waals surface area contributed by atoms with Gasteiger partial charge in [0.25, 0.3) is 0 Å². The zero-order chi connectivity index (χ0) is 24.7. The minimum absolute atomic E-state index is 0.0238. The predicted octanol–water partition coefficient (Wildman–Crippen LogP) is 5.85. The molecule has 176 valence electrons. The van der Waals surface area contributed by atoms with Crippen LogP contribution < -0.4 is 10.6 Å². The van der Waals surface area contributed by atoms with Gasteiger partial charge in [-0.3, -0.25) is 10.1 Å². The van der Waals surface area contributed by atoms with Gasteiger partial charge >= 0.3 is 5.69 Å². The molecule has 0 saturated heterocycles. The van der Waals surface area contributed by atoms with Gasteiger partial charge in [-0.25, -0.2) is 9.97 Å². The summed E-state index contributed by atoms with van der Waals surface area (Å²) in [4.78, 5) is 19.3. The SMILES string of the molecule is COCCCNc1ncnc(Nc2cc(Cl)c(C(C#N)c3ccc(Cl)cc3)cc2C)c1[N+](=O)[O-]. The summed E-state index contributed by atoms with van der Waals surface area (Å²) in [6.45, 7) is 2.78. The first-order chi connectivity index (χ1) is 16.3. The number of aryl methyl sites for hydroxylation is 1. The quantitative estimate of drug-likeness (QED) is 0.201. The fourth-order valence-corrected chi connectivity index (χ4v) is 3.76. The van der Waals surface area contributed by atoms with Gasteiger partial charge in [0.2, 0.25) is 11.6 Å². The molecule has 0 amide bonds. The summed E-state index contributed by atoms with van der Waals surface area (Å²) in [5.41, 5.74) is 2.34. The first-order valence-electron chi connectivity index (χ1n) is 10.3. The first kappa shape index (κ1) is 25.2. The third-order valence-electron chi connectivity index (χ3n) is 5.06. The third-order valence-corrected chi connectivity index (χ3v) is 5.64. The van der Waals surface area contributed by atoms with Crippen molar-refractivity contribution in [3.63, 3.8) is 0 Å². The molecule has 1 aromatic heterocycles. The number of nitrogens with zero attached hydrogens (tertiary/aromatic N) is 4. The minimum atomic E-state index is -0.603. The Balaban J connectivity index is 1.92. The predicted molar refractivity (Wildman–Crippen MR) is 132 cm³/mol. The van der Waals surface area contributed by atoms with Crippen LogP contribution in [0.4, 0.5) is 23.0 Å². The van der Waals surface area contributed by atoms with Gasteiger partial charge in [-0.1, -0.05) is 41.4 Å². The Morgan fingerprint density at radius 2 is 1.91 bits per heavy atom. The second-order valence-corrected chi connectivity index (χ2v) is 8.22. The van der Waals surface area contributed by atoms with E-state index in [0.717, 1.165) is 11.1 Å². The monoisotopic (exact) mass is 500 g/mol. The van der Waals surface area contributed by atoms with E-state index >= 15 is 0 Å². The van der Waals surface area contributed by atoms with Crippen LogP contribution in [0.3, 0.4) is 0 Å². The molecular formula is C23H22Cl2N6O3. The van der Waals surface area contributed by atoms with E-state index < -0.39 is 10.8 Å². The smallest absolute Gasteiger partial charge is 0.353 e. The van der Waals surface area contributed by atoms with E-state index in [0.29, 0.717) is 40.9 Å². The summed E-state index contributed by atoms with van der Waals surface area (Å²) < 4.78 is 5.00. The van der Waals surface area contributed by atoms with Gasteiger partial charge in [-0.2, -0.15) is 5.26 Å². The van der Waals surface area contributed by atoms with Crippen LogP contribution in [0.2, 0.25) is 10.0 Å². The Labute approximate surface area is 206 Å². The van der Waals surface area contributed by atoms with Gasteiger partial charge in [0.05, 0.1) is 16.9 Å². The standard InChI is InChI=1S/C23H22Cl2N6O3/c1-14-10-17(18(12-26)15-4-6-16(24)7-5-15)19(25)11-20(14)30-23-21(31(32)33)22(28-13-29-23)27-8-3-9-34-2/h4-7,10-11,13,18H,3,8-9H2,1-2H3,(H2,27,28,29,30). The van der Waals surface area contributed by atoms with Crippen LogP contribution >= 0.6 is 23.2 Å². The van der Waals surface area contributed by atoms with Crippen molar-refractivity contribution in [3.8, 4) is 6.07 Å². The van der Waals surface area contributed by atoms with Gasteiger partial charge in [0.1, 0.15) is 6.33 Å². The molecule has 9 nitrogen and oxygen atoms in total. The number of nitro groups is 1. The highest BCUT2D eigenvalue weighted by atomic mass is 35.5. The van der Waals surface area contributed by atoms with Gasteiger partial charge < -0.3 is 15.4 Å². The second kappa shape index (κ2) is 11.6. The number of methoxy groups -OCH3 is 1. The molecule has 2 N–H and O–H groups in total. The van der Waals surface area contributed by atoms with E-state index in [1.807, 2.05) is 6.92 Å². The normalized spacial score (nSPS) is 11.5. The zero-order valence-corrected chi connectivity index (χ0v) is 20.0. The number of nitrogens with one attached hydrogen (secondary N) is 2. The van der Waals surface area contributed by atoms with E-state index in [4.69, 9.17) is 27.9 Å². The average Bonchev–Trinajstić information content (AvgIpc) is 2.81. The van der Waals surface area contributed by atoms with E-state index in [1.54, 1.807) is 43.5 Å². The van der Waals surface area contributed by atoms with Crippen LogP contribution in [0.5, 0.6) is 0 Å². The zero-order valence-electron chi connectivity index (χ0n) is 18.5. The molecule has 3 aromatic rings. The third kappa shape index (κ3) is 5.91. The number of hydrogen-bond acceptors (Lipinski definition) is 8. The fourth-order valence-electron chi connectivity index (χ4n) is 3.36. The minimum Gasteiger partial charge on any atom is -0.385 e. The molecule has 3 rings (SSSR count). The maximum atomic E-state index is 11.8. The second-order valence-electron chi connectivity index (χ2n) is 7.38. The Bertz CT molecular complexity index is 1210. The lowest BCUT2D eigenvalue weighted by molar-refractivity contribution is -0.383. The summed E-state index contributed by atoms with van der Waals surface area (Å²) in [5.74, 6) is -0.476. The summed E-state index contributed by atoms with van der Waals surface area (Å²) in [5, 5.41) is 28.4. The molecule has 0 bridgehead atoms. The number of aromatic nitrogens is 2. The van der Waals surface area contributed by atoms with Gasteiger partial charge in [-0.05, 0) is 48.2 Å². The number of hydrogen-bond donors (Lipinski definition) is 2. The number of rotatable bonds is 10. The summed E-state index contributed by atoms with van der Waals surface area (Å²) in [6, 6.07) is 12.7. The van der Waals surface area contributed by atoms with E-state index in [-0.39, 0.29) is 17.3 Å². The first-order valence-corrected chi connectivity index (χ1v) is 11.1. The Morgan fingerprint density at radius 1 is 1.21 bits per heavy atom. The maximum absolute atomic E-state index is 11.8. The van der Waals surface area contributed by atoms with Gasteiger partial charge in [0.15, 0.2) is 0 Å².